The Morgan fingerprint density at radius 2 is 2.23 bits per heavy atom. The molecule has 1 aromatic heterocycles. The van der Waals surface area contributed by atoms with Crippen LogP contribution in [0.1, 0.15) is 24.0 Å². The molecule has 70 valence electrons. The summed E-state index contributed by atoms with van der Waals surface area (Å²) in [6, 6.07) is 0. The van der Waals surface area contributed by atoms with Crippen molar-refractivity contribution in [3.05, 3.63) is 23.5 Å². The quantitative estimate of drug-likeness (QED) is 0.634. The van der Waals surface area contributed by atoms with Gasteiger partial charge in [-0.3, -0.25) is 0 Å². The number of nitrogens with two attached hydrogens (primary N) is 1. The minimum Gasteiger partial charge on any atom is -0.384 e. The standard InChI is InChI=1S/C9H13N3O/c10-6-9(13)3-1-2-7-4-11-12-5-8(7)9/h4-5,13H,1-3,6,10H2. The van der Waals surface area contributed by atoms with Gasteiger partial charge in [0.15, 0.2) is 0 Å². The zero-order valence-electron chi connectivity index (χ0n) is 7.40. The second kappa shape index (κ2) is 3.05. The minimum absolute atomic E-state index is 0.256. The van der Waals surface area contributed by atoms with Crippen LogP contribution in [-0.4, -0.2) is 21.8 Å². The molecule has 1 heterocycles. The molecule has 0 saturated heterocycles. The van der Waals surface area contributed by atoms with Crippen molar-refractivity contribution in [3.8, 4) is 0 Å². The first kappa shape index (κ1) is 8.59. The summed E-state index contributed by atoms with van der Waals surface area (Å²) in [6.45, 7) is 0.256. The van der Waals surface area contributed by atoms with Crippen molar-refractivity contribution in [1.82, 2.24) is 10.2 Å². The van der Waals surface area contributed by atoms with E-state index in [9.17, 15) is 5.11 Å². The van der Waals surface area contributed by atoms with Crippen LogP contribution in [0.3, 0.4) is 0 Å². The largest absolute Gasteiger partial charge is 0.384 e. The lowest BCUT2D eigenvalue weighted by Crippen LogP contribution is -2.38. The molecule has 0 aromatic carbocycles. The smallest absolute Gasteiger partial charge is 0.104 e. The van der Waals surface area contributed by atoms with Crippen LogP contribution in [-0.2, 0) is 12.0 Å². The highest BCUT2D eigenvalue weighted by molar-refractivity contribution is 5.30. The second-order valence-electron chi connectivity index (χ2n) is 3.52. The van der Waals surface area contributed by atoms with E-state index in [1.807, 2.05) is 0 Å². The normalized spacial score (nSPS) is 26.9. The van der Waals surface area contributed by atoms with Gasteiger partial charge in [0, 0.05) is 12.1 Å². The summed E-state index contributed by atoms with van der Waals surface area (Å²) in [6.07, 6.45) is 6.00. The molecule has 0 aliphatic heterocycles. The Morgan fingerprint density at radius 1 is 1.46 bits per heavy atom. The molecule has 0 radical (unpaired) electrons. The zero-order valence-corrected chi connectivity index (χ0v) is 7.40. The van der Waals surface area contributed by atoms with Crippen LogP contribution in [0.15, 0.2) is 12.4 Å². The summed E-state index contributed by atoms with van der Waals surface area (Å²) < 4.78 is 0. The Labute approximate surface area is 76.8 Å². The molecule has 3 N–H and O–H groups in total. The number of fused-ring (bicyclic) bond motifs is 1. The fourth-order valence-electron chi connectivity index (χ4n) is 1.88. The maximum Gasteiger partial charge on any atom is 0.104 e. The van der Waals surface area contributed by atoms with Crippen molar-refractivity contribution in [2.24, 2.45) is 5.73 Å². The maximum atomic E-state index is 10.1. The highest BCUT2D eigenvalue weighted by atomic mass is 16.3. The van der Waals surface area contributed by atoms with Crippen LogP contribution in [0.5, 0.6) is 0 Å². The van der Waals surface area contributed by atoms with Gasteiger partial charge in [0.2, 0.25) is 0 Å². The summed E-state index contributed by atoms with van der Waals surface area (Å²) >= 11 is 0. The summed E-state index contributed by atoms with van der Waals surface area (Å²) in [5.74, 6) is 0. The van der Waals surface area contributed by atoms with Crippen LogP contribution in [0.4, 0.5) is 0 Å². The van der Waals surface area contributed by atoms with Crippen LogP contribution >= 0.6 is 0 Å². The maximum absolute atomic E-state index is 10.1. The van der Waals surface area contributed by atoms with Crippen LogP contribution < -0.4 is 5.73 Å². The molecule has 0 fully saturated rings. The van der Waals surface area contributed by atoms with E-state index < -0.39 is 5.60 Å². The zero-order chi connectivity index (χ0) is 9.31. The number of aromatic nitrogens is 2. The van der Waals surface area contributed by atoms with Crippen molar-refractivity contribution in [3.63, 3.8) is 0 Å². The van der Waals surface area contributed by atoms with Gasteiger partial charge < -0.3 is 10.8 Å². The Kier molecular flexibility index (Phi) is 2.01. The lowest BCUT2D eigenvalue weighted by molar-refractivity contribution is 0.0273. The molecule has 0 amide bonds. The molecule has 0 spiro atoms. The van der Waals surface area contributed by atoms with E-state index in [-0.39, 0.29) is 6.54 Å². The molecular formula is C9H13N3O. The SMILES string of the molecule is NCC1(O)CCCc2cnncc21. The number of hydrogen-bond acceptors (Lipinski definition) is 4. The van der Waals surface area contributed by atoms with Crippen molar-refractivity contribution in [2.45, 2.75) is 24.9 Å². The molecule has 1 unspecified atom stereocenters. The first-order valence-electron chi connectivity index (χ1n) is 4.49. The topological polar surface area (TPSA) is 72.0 Å². The summed E-state index contributed by atoms with van der Waals surface area (Å²) in [7, 11) is 0. The van der Waals surface area contributed by atoms with Gasteiger partial charge >= 0.3 is 0 Å². The Balaban J connectivity index is 2.48. The average Bonchev–Trinajstić information content (AvgIpc) is 2.19. The van der Waals surface area contributed by atoms with Gasteiger partial charge in [0.05, 0.1) is 12.4 Å². The van der Waals surface area contributed by atoms with E-state index in [1.165, 1.54) is 0 Å². The fourth-order valence-corrected chi connectivity index (χ4v) is 1.88. The number of hydrogen-bond donors (Lipinski definition) is 2. The first-order valence-corrected chi connectivity index (χ1v) is 4.49. The van der Waals surface area contributed by atoms with Gasteiger partial charge in [-0.2, -0.15) is 10.2 Å². The molecule has 4 heteroatoms. The molecular weight excluding hydrogens is 166 g/mol. The molecule has 1 aliphatic rings. The van der Waals surface area contributed by atoms with Crippen molar-refractivity contribution in [2.75, 3.05) is 6.54 Å². The van der Waals surface area contributed by atoms with E-state index in [4.69, 9.17) is 5.73 Å². The van der Waals surface area contributed by atoms with Gasteiger partial charge in [0.1, 0.15) is 5.60 Å². The lowest BCUT2D eigenvalue weighted by atomic mass is 9.81. The van der Waals surface area contributed by atoms with E-state index in [0.29, 0.717) is 0 Å². The van der Waals surface area contributed by atoms with E-state index in [1.54, 1.807) is 12.4 Å². The van der Waals surface area contributed by atoms with E-state index in [0.717, 1.165) is 30.4 Å². The summed E-state index contributed by atoms with van der Waals surface area (Å²) in [5.41, 5.74) is 6.62. The third-order valence-corrected chi connectivity index (χ3v) is 2.69. The van der Waals surface area contributed by atoms with Gasteiger partial charge in [0.25, 0.3) is 0 Å². The van der Waals surface area contributed by atoms with Gasteiger partial charge in [-0.05, 0) is 24.8 Å². The molecule has 1 aliphatic carbocycles. The Morgan fingerprint density at radius 3 is 3.00 bits per heavy atom. The third kappa shape index (κ3) is 1.32. The van der Waals surface area contributed by atoms with Crippen LogP contribution in [0.2, 0.25) is 0 Å². The molecule has 0 bridgehead atoms. The van der Waals surface area contributed by atoms with E-state index in [2.05, 4.69) is 10.2 Å². The number of rotatable bonds is 1. The minimum atomic E-state index is -0.872. The molecule has 13 heavy (non-hydrogen) atoms. The van der Waals surface area contributed by atoms with Gasteiger partial charge in [-0.25, -0.2) is 0 Å². The number of aliphatic hydroxyl groups is 1. The fraction of sp³-hybridized carbons (Fsp3) is 0.556. The summed E-state index contributed by atoms with van der Waals surface area (Å²) in [5, 5.41) is 17.7. The van der Waals surface area contributed by atoms with Crippen LogP contribution in [0, 0.1) is 0 Å². The molecule has 1 aromatic rings. The highest BCUT2D eigenvalue weighted by Gasteiger charge is 2.33. The van der Waals surface area contributed by atoms with Crippen LogP contribution in [0.25, 0.3) is 0 Å². The molecule has 1 atom stereocenters. The predicted molar refractivity (Wildman–Crippen MR) is 47.9 cm³/mol. The molecule has 0 saturated carbocycles. The monoisotopic (exact) mass is 179 g/mol. The highest BCUT2D eigenvalue weighted by Crippen LogP contribution is 2.33. The Hall–Kier alpha value is -1.00. The molecule has 2 rings (SSSR count). The lowest BCUT2D eigenvalue weighted by Gasteiger charge is -2.32. The summed E-state index contributed by atoms with van der Waals surface area (Å²) in [4.78, 5) is 0. The average molecular weight is 179 g/mol. The van der Waals surface area contributed by atoms with Crippen molar-refractivity contribution in [1.29, 1.82) is 0 Å². The van der Waals surface area contributed by atoms with Gasteiger partial charge in [-0.1, -0.05) is 0 Å². The Bertz CT molecular complexity index is 315. The first-order chi connectivity index (χ1) is 6.26. The number of aryl methyl sites for hydroxylation is 1. The number of nitrogens with zero attached hydrogens (tertiary/aromatic N) is 2. The predicted octanol–water partition coefficient (Wildman–Crippen LogP) is -0.0408. The van der Waals surface area contributed by atoms with Gasteiger partial charge in [-0.15, -0.1) is 0 Å². The van der Waals surface area contributed by atoms with Crippen molar-refractivity contribution < 1.29 is 5.11 Å². The molecule has 4 nitrogen and oxygen atoms in total. The third-order valence-electron chi connectivity index (χ3n) is 2.69. The van der Waals surface area contributed by atoms with E-state index >= 15 is 0 Å². The van der Waals surface area contributed by atoms with Crippen molar-refractivity contribution >= 4 is 0 Å². The second-order valence-corrected chi connectivity index (χ2v) is 3.52.